The summed E-state index contributed by atoms with van der Waals surface area (Å²) in [5.74, 6) is -0.269. The Morgan fingerprint density at radius 3 is 3.00 bits per heavy atom. The summed E-state index contributed by atoms with van der Waals surface area (Å²) < 4.78 is 13.3. The fraction of sp³-hybridized carbons (Fsp3) is 0.182. The van der Waals surface area contributed by atoms with Crippen LogP contribution in [0.3, 0.4) is 0 Å². The zero-order chi connectivity index (χ0) is 10.1. The summed E-state index contributed by atoms with van der Waals surface area (Å²) in [6.45, 7) is 1.85. The van der Waals surface area contributed by atoms with Gasteiger partial charge in [0.15, 0.2) is 0 Å². The number of aryl methyl sites for hydroxylation is 1. The third-order valence-corrected chi connectivity index (χ3v) is 2.36. The second-order valence-electron chi connectivity index (χ2n) is 3.23. The van der Waals surface area contributed by atoms with Gasteiger partial charge in [-0.3, -0.25) is 0 Å². The van der Waals surface area contributed by atoms with Crippen LogP contribution in [-0.4, -0.2) is 4.98 Å². The molecule has 14 heavy (non-hydrogen) atoms. The van der Waals surface area contributed by atoms with E-state index in [1.807, 2.05) is 13.0 Å². The van der Waals surface area contributed by atoms with E-state index in [0.29, 0.717) is 11.9 Å². The van der Waals surface area contributed by atoms with Gasteiger partial charge in [0.1, 0.15) is 5.82 Å². The van der Waals surface area contributed by atoms with Crippen molar-refractivity contribution in [3.05, 3.63) is 35.3 Å². The monoisotopic (exact) mass is 188 g/mol. The van der Waals surface area contributed by atoms with E-state index in [-0.39, 0.29) is 5.82 Å². The van der Waals surface area contributed by atoms with Gasteiger partial charge in [-0.15, -0.1) is 0 Å². The van der Waals surface area contributed by atoms with Crippen molar-refractivity contribution in [3.63, 3.8) is 0 Å². The second kappa shape index (κ2) is 3.15. The maximum Gasteiger partial charge on any atom is 0.147 e. The molecule has 2 rings (SSSR count). The van der Waals surface area contributed by atoms with E-state index in [2.05, 4.69) is 11.1 Å². The Hall–Kier alpha value is -1.82. The number of para-hydroxylation sites is 1. The molecular weight excluding hydrogens is 179 g/mol. The summed E-state index contributed by atoms with van der Waals surface area (Å²) in [5.41, 5.74) is 2.25. The maximum absolute atomic E-state index is 13.3. The van der Waals surface area contributed by atoms with Crippen molar-refractivity contribution < 1.29 is 4.39 Å². The van der Waals surface area contributed by atoms with Crippen LogP contribution in [0.1, 0.15) is 11.3 Å². The van der Waals surface area contributed by atoms with Crippen LogP contribution < -0.4 is 0 Å². The van der Waals surface area contributed by atoms with E-state index in [9.17, 15) is 4.39 Å². The van der Waals surface area contributed by atoms with Crippen LogP contribution in [-0.2, 0) is 6.42 Å². The van der Waals surface area contributed by atoms with Gasteiger partial charge in [-0.25, -0.2) is 4.39 Å². The lowest BCUT2D eigenvalue weighted by molar-refractivity contribution is 0.637. The van der Waals surface area contributed by atoms with E-state index >= 15 is 0 Å². The van der Waals surface area contributed by atoms with Crippen LogP contribution in [0, 0.1) is 24.1 Å². The first-order valence-electron chi connectivity index (χ1n) is 4.36. The number of rotatable bonds is 1. The first-order chi connectivity index (χ1) is 6.74. The van der Waals surface area contributed by atoms with Crippen molar-refractivity contribution in [3.8, 4) is 6.07 Å². The molecule has 2 aromatic rings. The molecule has 0 aliphatic heterocycles. The highest BCUT2D eigenvalue weighted by molar-refractivity contribution is 5.85. The zero-order valence-electron chi connectivity index (χ0n) is 7.76. The minimum absolute atomic E-state index is 0.269. The quantitative estimate of drug-likeness (QED) is 0.734. The summed E-state index contributed by atoms with van der Waals surface area (Å²) in [5, 5.41) is 9.44. The third kappa shape index (κ3) is 1.16. The summed E-state index contributed by atoms with van der Waals surface area (Å²) in [4.78, 5) is 2.95. The smallest absolute Gasteiger partial charge is 0.147 e. The van der Waals surface area contributed by atoms with Crippen molar-refractivity contribution in [1.82, 2.24) is 4.98 Å². The van der Waals surface area contributed by atoms with Crippen molar-refractivity contribution in [2.45, 2.75) is 13.3 Å². The minimum atomic E-state index is -0.269. The highest BCUT2D eigenvalue weighted by Gasteiger charge is 2.10. The van der Waals surface area contributed by atoms with Crippen molar-refractivity contribution >= 4 is 10.9 Å². The van der Waals surface area contributed by atoms with Gasteiger partial charge in [0.05, 0.1) is 18.0 Å². The lowest BCUT2D eigenvalue weighted by Crippen LogP contribution is -1.82. The molecule has 0 radical (unpaired) electrons. The molecule has 0 saturated heterocycles. The van der Waals surface area contributed by atoms with Crippen molar-refractivity contribution in [1.29, 1.82) is 5.26 Å². The van der Waals surface area contributed by atoms with E-state index in [1.165, 1.54) is 6.07 Å². The van der Waals surface area contributed by atoms with Gasteiger partial charge < -0.3 is 4.98 Å². The molecule has 0 fully saturated rings. The molecule has 3 heteroatoms. The average molecular weight is 188 g/mol. The molecule has 0 spiro atoms. The molecule has 0 atom stereocenters. The maximum atomic E-state index is 13.3. The first-order valence-corrected chi connectivity index (χ1v) is 4.36. The number of benzene rings is 1. The molecule has 0 unspecified atom stereocenters. The standard InChI is InChI=1S/C11H9FN2/c1-7-8(5-6-13)9-3-2-4-10(12)11(9)14-7/h2-4,14H,5H2,1H3. The highest BCUT2D eigenvalue weighted by Crippen LogP contribution is 2.24. The van der Waals surface area contributed by atoms with Gasteiger partial charge in [-0.1, -0.05) is 12.1 Å². The predicted molar refractivity (Wildman–Crippen MR) is 52.3 cm³/mol. The number of nitrogens with zero attached hydrogens (tertiary/aromatic N) is 1. The largest absolute Gasteiger partial charge is 0.356 e. The number of hydrogen-bond acceptors (Lipinski definition) is 1. The van der Waals surface area contributed by atoms with Crippen molar-refractivity contribution in [2.24, 2.45) is 0 Å². The summed E-state index contributed by atoms with van der Waals surface area (Å²) in [6.07, 6.45) is 0.315. The number of halogens is 1. The normalized spacial score (nSPS) is 10.4. The molecule has 0 bridgehead atoms. The van der Waals surface area contributed by atoms with Gasteiger partial charge in [-0.05, 0) is 18.6 Å². The molecule has 70 valence electrons. The Morgan fingerprint density at radius 1 is 1.50 bits per heavy atom. The summed E-state index contributed by atoms with van der Waals surface area (Å²) >= 11 is 0. The average Bonchev–Trinajstić information content (AvgIpc) is 2.47. The highest BCUT2D eigenvalue weighted by atomic mass is 19.1. The number of fused-ring (bicyclic) bond motifs is 1. The summed E-state index contributed by atoms with van der Waals surface area (Å²) in [6, 6.07) is 6.98. The fourth-order valence-corrected chi connectivity index (χ4v) is 1.67. The van der Waals surface area contributed by atoms with E-state index in [0.717, 1.165) is 16.6 Å². The molecule has 0 aliphatic rings. The molecule has 1 aromatic heterocycles. The number of aromatic amines is 1. The fourth-order valence-electron chi connectivity index (χ4n) is 1.67. The predicted octanol–water partition coefficient (Wildman–Crippen LogP) is 2.68. The number of hydrogen-bond donors (Lipinski definition) is 1. The molecule has 2 nitrogen and oxygen atoms in total. The van der Waals surface area contributed by atoms with Gasteiger partial charge in [0, 0.05) is 11.1 Å². The van der Waals surface area contributed by atoms with E-state index in [4.69, 9.17) is 5.26 Å². The van der Waals surface area contributed by atoms with Gasteiger partial charge in [0.2, 0.25) is 0 Å². The number of H-pyrrole nitrogens is 1. The SMILES string of the molecule is Cc1[nH]c2c(F)cccc2c1CC#N. The minimum Gasteiger partial charge on any atom is -0.356 e. The van der Waals surface area contributed by atoms with Crippen molar-refractivity contribution in [2.75, 3.05) is 0 Å². The molecule has 0 amide bonds. The summed E-state index contributed by atoms with van der Waals surface area (Å²) in [7, 11) is 0. The third-order valence-electron chi connectivity index (χ3n) is 2.36. The first kappa shape index (κ1) is 8.76. The van der Waals surface area contributed by atoms with Gasteiger partial charge in [0.25, 0.3) is 0 Å². The van der Waals surface area contributed by atoms with Gasteiger partial charge in [-0.2, -0.15) is 5.26 Å². The van der Waals surface area contributed by atoms with Crippen LogP contribution in [0.4, 0.5) is 4.39 Å². The Kier molecular flexibility index (Phi) is 1.97. The molecular formula is C11H9FN2. The van der Waals surface area contributed by atoms with Crippen LogP contribution in [0.2, 0.25) is 0 Å². The van der Waals surface area contributed by atoms with Gasteiger partial charge >= 0.3 is 0 Å². The molecule has 0 aliphatic carbocycles. The molecule has 0 saturated carbocycles. The Balaban J connectivity index is 2.78. The van der Waals surface area contributed by atoms with Crippen LogP contribution in [0.15, 0.2) is 18.2 Å². The molecule has 1 heterocycles. The van der Waals surface area contributed by atoms with Crippen LogP contribution in [0.25, 0.3) is 10.9 Å². The van der Waals surface area contributed by atoms with Crippen LogP contribution in [0.5, 0.6) is 0 Å². The Bertz CT molecular complexity index is 520. The molecule has 1 aromatic carbocycles. The zero-order valence-corrected chi connectivity index (χ0v) is 7.76. The van der Waals surface area contributed by atoms with E-state index in [1.54, 1.807) is 6.07 Å². The van der Waals surface area contributed by atoms with E-state index < -0.39 is 0 Å². The lowest BCUT2D eigenvalue weighted by atomic mass is 10.1. The number of nitriles is 1. The van der Waals surface area contributed by atoms with Crippen LogP contribution >= 0.6 is 0 Å². The Labute approximate surface area is 81.0 Å². The second-order valence-corrected chi connectivity index (χ2v) is 3.23. The number of aromatic nitrogens is 1. The number of nitrogens with one attached hydrogen (secondary N) is 1. The lowest BCUT2D eigenvalue weighted by Gasteiger charge is -1.93. The topological polar surface area (TPSA) is 39.6 Å². The molecule has 1 N–H and O–H groups in total. The Morgan fingerprint density at radius 2 is 2.29 bits per heavy atom.